The number of rotatable bonds is 3. The average Bonchev–Trinajstić information content (AvgIpc) is 2.56. The maximum absolute atomic E-state index is 12.3. The SMILES string of the molecule is Cc1cccc(NC(=O)c2ccc(C3SCCCS3)cc2)c1. The van der Waals surface area contributed by atoms with Crippen LogP contribution in [0.15, 0.2) is 48.5 Å². The van der Waals surface area contributed by atoms with Crippen LogP contribution in [-0.4, -0.2) is 17.4 Å². The van der Waals surface area contributed by atoms with Crippen LogP contribution in [0.25, 0.3) is 0 Å². The van der Waals surface area contributed by atoms with Crippen LogP contribution in [0.4, 0.5) is 5.69 Å². The Bertz CT molecular complexity index is 648. The number of hydrogen-bond acceptors (Lipinski definition) is 3. The highest BCUT2D eigenvalue weighted by atomic mass is 32.2. The Kier molecular flexibility index (Phi) is 5.11. The molecule has 3 rings (SSSR count). The first kappa shape index (κ1) is 15.5. The minimum atomic E-state index is -0.0545. The first-order valence-corrected chi connectivity index (χ1v) is 9.53. The van der Waals surface area contributed by atoms with Gasteiger partial charge in [-0.3, -0.25) is 4.79 Å². The van der Waals surface area contributed by atoms with Gasteiger partial charge in [0.2, 0.25) is 0 Å². The second-order valence-electron chi connectivity index (χ2n) is 5.37. The van der Waals surface area contributed by atoms with Gasteiger partial charge in [-0.2, -0.15) is 0 Å². The summed E-state index contributed by atoms with van der Waals surface area (Å²) in [6.07, 6.45) is 1.29. The van der Waals surface area contributed by atoms with E-state index in [1.807, 2.05) is 66.8 Å². The molecule has 1 heterocycles. The lowest BCUT2D eigenvalue weighted by Crippen LogP contribution is -2.12. The van der Waals surface area contributed by atoms with Crippen molar-refractivity contribution in [3.8, 4) is 0 Å². The summed E-state index contributed by atoms with van der Waals surface area (Å²) in [6, 6.07) is 15.9. The number of hydrogen-bond donors (Lipinski definition) is 1. The predicted molar refractivity (Wildman–Crippen MR) is 97.8 cm³/mol. The van der Waals surface area contributed by atoms with Gasteiger partial charge in [0, 0.05) is 11.3 Å². The smallest absolute Gasteiger partial charge is 0.255 e. The van der Waals surface area contributed by atoms with Crippen molar-refractivity contribution in [2.75, 3.05) is 16.8 Å². The quantitative estimate of drug-likeness (QED) is 0.848. The molecular formula is C18H19NOS2. The van der Waals surface area contributed by atoms with Crippen LogP contribution in [0.3, 0.4) is 0 Å². The van der Waals surface area contributed by atoms with E-state index >= 15 is 0 Å². The normalized spacial score (nSPS) is 15.5. The van der Waals surface area contributed by atoms with Crippen LogP contribution < -0.4 is 5.32 Å². The van der Waals surface area contributed by atoms with E-state index in [4.69, 9.17) is 0 Å². The molecule has 4 heteroatoms. The minimum Gasteiger partial charge on any atom is -0.322 e. The number of carbonyl (C=O) groups is 1. The van der Waals surface area contributed by atoms with E-state index in [1.54, 1.807) is 0 Å². The number of aryl methyl sites for hydroxylation is 1. The van der Waals surface area contributed by atoms with Crippen LogP contribution in [0.1, 0.15) is 32.5 Å². The summed E-state index contributed by atoms with van der Waals surface area (Å²) in [4.78, 5) is 12.3. The zero-order valence-electron chi connectivity index (χ0n) is 12.5. The van der Waals surface area contributed by atoms with Crippen LogP contribution in [0.5, 0.6) is 0 Å². The molecule has 1 saturated heterocycles. The van der Waals surface area contributed by atoms with Crippen molar-refractivity contribution in [3.05, 3.63) is 65.2 Å². The Labute approximate surface area is 140 Å². The van der Waals surface area contributed by atoms with E-state index in [2.05, 4.69) is 17.4 Å². The Morgan fingerprint density at radius 1 is 1.09 bits per heavy atom. The molecule has 2 aromatic rings. The highest BCUT2D eigenvalue weighted by Crippen LogP contribution is 2.43. The van der Waals surface area contributed by atoms with E-state index in [0.717, 1.165) is 11.3 Å². The van der Waals surface area contributed by atoms with Gasteiger partial charge in [-0.1, -0.05) is 24.3 Å². The molecule has 0 radical (unpaired) electrons. The molecular weight excluding hydrogens is 310 g/mol. The minimum absolute atomic E-state index is 0.0545. The van der Waals surface area contributed by atoms with Crippen LogP contribution >= 0.6 is 23.5 Å². The van der Waals surface area contributed by atoms with Gasteiger partial charge >= 0.3 is 0 Å². The number of nitrogens with one attached hydrogen (secondary N) is 1. The molecule has 0 aliphatic carbocycles. The molecule has 0 spiro atoms. The Hall–Kier alpha value is -1.39. The van der Waals surface area contributed by atoms with Crippen LogP contribution in [-0.2, 0) is 0 Å². The summed E-state index contributed by atoms with van der Waals surface area (Å²) >= 11 is 3.99. The molecule has 22 heavy (non-hydrogen) atoms. The van der Waals surface area contributed by atoms with Gasteiger partial charge < -0.3 is 5.32 Å². The molecule has 1 N–H and O–H groups in total. The molecule has 2 aromatic carbocycles. The summed E-state index contributed by atoms with van der Waals surface area (Å²) < 4.78 is 0.516. The second kappa shape index (κ2) is 7.25. The Morgan fingerprint density at radius 2 is 1.82 bits per heavy atom. The van der Waals surface area contributed by atoms with Gasteiger partial charge in [0.1, 0.15) is 0 Å². The number of anilines is 1. The number of carbonyl (C=O) groups excluding carboxylic acids is 1. The van der Waals surface area contributed by atoms with Crippen LogP contribution in [0.2, 0.25) is 0 Å². The molecule has 114 valence electrons. The van der Waals surface area contributed by atoms with Crippen molar-refractivity contribution < 1.29 is 4.79 Å². The zero-order chi connectivity index (χ0) is 15.4. The highest BCUT2D eigenvalue weighted by molar-refractivity contribution is 8.16. The summed E-state index contributed by atoms with van der Waals surface area (Å²) in [7, 11) is 0. The van der Waals surface area contributed by atoms with Crippen LogP contribution in [0, 0.1) is 6.92 Å². The highest BCUT2D eigenvalue weighted by Gasteiger charge is 2.17. The second-order valence-corrected chi connectivity index (χ2v) is 8.10. The van der Waals surface area contributed by atoms with E-state index in [1.165, 1.54) is 23.5 Å². The van der Waals surface area contributed by atoms with Gasteiger partial charge in [-0.05, 0) is 60.2 Å². The molecule has 1 aliphatic rings. The van der Waals surface area contributed by atoms with Crippen molar-refractivity contribution in [2.45, 2.75) is 17.9 Å². The third kappa shape index (κ3) is 3.87. The number of benzene rings is 2. The maximum atomic E-state index is 12.3. The number of amides is 1. The fraction of sp³-hybridized carbons (Fsp3) is 0.278. The molecule has 2 nitrogen and oxygen atoms in total. The average molecular weight is 329 g/mol. The van der Waals surface area contributed by atoms with E-state index in [9.17, 15) is 4.79 Å². The summed E-state index contributed by atoms with van der Waals surface area (Å²) in [6.45, 7) is 2.02. The molecule has 1 fully saturated rings. The topological polar surface area (TPSA) is 29.1 Å². The largest absolute Gasteiger partial charge is 0.322 e. The van der Waals surface area contributed by atoms with E-state index < -0.39 is 0 Å². The fourth-order valence-electron chi connectivity index (χ4n) is 2.40. The Morgan fingerprint density at radius 3 is 2.50 bits per heavy atom. The van der Waals surface area contributed by atoms with Gasteiger partial charge in [-0.15, -0.1) is 23.5 Å². The van der Waals surface area contributed by atoms with Gasteiger partial charge in [-0.25, -0.2) is 0 Å². The summed E-state index contributed by atoms with van der Waals surface area (Å²) in [5.41, 5.74) is 3.99. The van der Waals surface area contributed by atoms with Crippen molar-refractivity contribution >= 4 is 35.1 Å². The Balaban J connectivity index is 1.68. The summed E-state index contributed by atoms with van der Waals surface area (Å²) in [5.74, 6) is 2.40. The van der Waals surface area contributed by atoms with Crippen molar-refractivity contribution in [1.82, 2.24) is 0 Å². The van der Waals surface area contributed by atoms with Crippen molar-refractivity contribution in [1.29, 1.82) is 0 Å². The van der Waals surface area contributed by atoms with Crippen molar-refractivity contribution in [3.63, 3.8) is 0 Å². The molecule has 1 amide bonds. The van der Waals surface area contributed by atoms with E-state index in [-0.39, 0.29) is 5.91 Å². The predicted octanol–water partition coefficient (Wildman–Crippen LogP) is 5.12. The van der Waals surface area contributed by atoms with E-state index in [0.29, 0.717) is 10.1 Å². The maximum Gasteiger partial charge on any atom is 0.255 e. The third-order valence-electron chi connectivity index (χ3n) is 3.55. The van der Waals surface area contributed by atoms with Crippen molar-refractivity contribution in [2.24, 2.45) is 0 Å². The lowest BCUT2D eigenvalue weighted by atomic mass is 10.1. The summed E-state index contributed by atoms with van der Waals surface area (Å²) in [5, 5.41) is 2.95. The standard InChI is InChI=1S/C18H19NOS2/c1-13-4-2-5-16(12-13)19-17(20)14-6-8-15(9-7-14)18-21-10-3-11-22-18/h2,4-9,12,18H,3,10-11H2,1H3,(H,19,20). The van der Waals surface area contributed by atoms with Gasteiger partial charge in [0.15, 0.2) is 0 Å². The molecule has 0 unspecified atom stereocenters. The zero-order valence-corrected chi connectivity index (χ0v) is 14.2. The molecule has 0 bridgehead atoms. The lowest BCUT2D eigenvalue weighted by Gasteiger charge is -2.21. The fourth-order valence-corrected chi connectivity index (χ4v) is 5.29. The third-order valence-corrected chi connectivity index (χ3v) is 6.56. The monoisotopic (exact) mass is 329 g/mol. The molecule has 0 atom stereocenters. The lowest BCUT2D eigenvalue weighted by molar-refractivity contribution is 0.102. The first-order chi connectivity index (χ1) is 10.7. The first-order valence-electron chi connectivity index (χ1n) is 7.43. The molecule has 0 saturated carbocycles. The molecule has 1 aliphatic heterocycles. The van der Waals surface area contributed by atoms with Gasteiger partial charge in [0.25, 0.3) is 5.91 Å². The van der Waals surface area contributed by atoms with Gasteiger partial charge in [0.05, 0.1) is 4.58 Å². The number of thioether (sulfide) groups is 2. The molecule has 0 aromatic heterocycles.